The smallest absolute Gasteiger partial charge is 0.180 e. The van der Waals surface area contributed by atoms with E-state index in [9.17, 15) is 10.2 Å². The highest BCUT2D eigenvalue weighted by Crippen LogP contribution is 2.67. The molecule has 0 saturated heterocycles. The molecule has 8 atom stereocenters. The van der Waals surface area contributed by atoms with Crippen LogP contribution >= 0.6 is 0 Å². The maximum absolute atomic E-state index is 11.6. The summed E-state index contributed by atoms with van der Waals surface area (Å²) in [6.07, 6.45) is 16.1. The molecule has 1 aromatic rings. The zero-order valence-electron chi connectivity index (χ0n) is 18.9. The van der Waals surface area contributed by atoms with Gasteiger partial charge in [-0.3, -0.25) is 0 Å². The van der Waals surface area contributed by atoms with Crippen molar-refractivity contribution in [2.45, 2.75) is 96.7 Å². The van der Waals surface area contributed by atoms with Crippen molar-refractivity contribution in [3.8, 4) is 0 Å². The molecule has 0 radical (unpaired) electrons. The van der Waals surface area contributed by atoms with E-state index in [1.165, 1.54) is 32.1 Å². The molecule has 4 nitrogen and oxygen atoms in total. The number of rotatable bonds is 4. The minimum Gasteiger partial charge on any atom is -0.451 e. The highest BCUT2D eigenvalue weighted by molar-refractivity contribution is 5.25. The summed E-state index contributed by atoms with van der Waals surface area (Å²) in [6, 6.07) is 0. The van der Waals surface area contributed by atoms with Crippen molar-refractivity contribution in [2.24, 2.45) is 34.5 Å². The van der Waals surface area contributed by atoms with Crippen molar-refractivity contribution in [1.82, 2.24) is 4.98 Å². The van der Waals surface area contributed by atoms with Gasteiger partial charge in [-0.1, -0.05) is 25.5 Å². The van der Waals surface area contributed by atoms with Crippen molar-refractivity contribution in [1.29, 1.82) is 0 Å². The molecular weight excluding hydrogens is 374 g/mol. The average molecular weight is 414 g/mol. The first-order chi connectivity index (χ1) is 14.2. The lowest BCUT2D eigenvalue weighted by molar-refractivity contribution is -0.104. The number of hydrogen-bond donors (Lipinski definition) is 2. The number of hydrogen-bond acceptors (Lipinski definition) is 4. The largest absolute Gasteiger partial charge is 0.451 e. The predicted octanol–water partition coefficient (Wildman–Crippen LogP) is 5.30. The lowest BCUT2D eigenvalue weighted by atomic mass is 9.46. The lowest BCUT2D eigenvalue weighted by Crippen LogP contribution is -2.53. The molecule has 3 saturated carbocycles. The SMILES string of the molecule is C[C@]12CC[C@H]3[C@@H](CC=C4C[C@@H](O)CC[C@@]43C)[C@@H]1CC[C@@H]2[C@](C)(O)CCc1cocn1. The molecule has 0 spiro atoms. The van der Waals surface area contributed by atoms with Crippen LogP contribution in [0.3, 0.4) is 0 Å². The van der Waals surface area contributed by atoms with Gasteiger partial charge < -0.3 is 14.6 Å². The Balaban J connectivity index is 1.36. The van der Waals surface area contributed by atoms with E-state index in [4.69, 9.17) is 4.42 Å². The Morgan fingerprint density at radius 2 is 2.00 bits per heavy atom. The summed E-state index contributed by atoms with van der Waals surface area (Å²) >= 11 is 0. The highest BCUT2D eigenvalue weighted by Gasteiger charge is 2.61. The molecule has 1 heterocycles. The zero-order chi connectivity index (χ0) is 21.1. The number of aliphatic hydroxyl groups excluding tert-OH is 1. The predicted molar refractivity (Wildman–Crippen MR) is 117 cm³/mol. The molecule has 0 unspecified atom stereocenters. The second kappa shape index (κ2) is 7.20. The molecule has 30 heavy (non-hydrogen) atoms. The summed E-state index contributed by atoms with van der Waals surface area (Å²) < 4.78 is 5.12. The normalized spacial score (nSPS) is 45.1. The third kappa shape index (κ3) is 3.12. The molecule has 0 bridgehead atoms. The number of allylic oxidation sites excluding steroid dienone is 1. The van der Waals surface area contributed by atoms with Crippen LogP contribution in [0, 0.1) is 34.5 Å². The Labute approximate surface area is 181 Å². The van der Waals surface area contributed by atoms with Crippen LogP contribution in [0.25, 0.3) is 0 Å². The van der Waals surface area contributed by atoms with Crippen LogP contribution in [-0.4, -0.2) is 26.9 Å². The molecule has 0 aliphatic heterocycles. The maximum Gasteiger partial charge on any atom is 0.180 e. The number of aryl methyl sites for hydroxylation is 1. The van der Waals surface area contributed by atoms with Crippen molar-refractivity contribution < 1.29 is 14.6 Å². The van der Waals surface area contributed by atoms with E-state index in [1.807, 2.05) is 0 Å². The van der Waals surface area contributed by atoms with Crippen molar-refractivity contribution >= 4 is 0 Å². The van der Waals surface area contributed by atoms with E-state index in [0.717, 1.165) is 56.1 Å². The van der Waals surface area contributed by atoms with E-state index < -0.39 is 5.60 Å². The van der Waals surface area contributed by atoms with Crippen LogP contribution in [0.4, 0.5) is 0 Å². The van der Waals surface area contributed by atoms with Gasteiger partial charge in [-0.2, -0.15) is 0 Å². The zero-order valence-corrected chi connectivity index (χ0v) is 18.9. The number of aliphatic hydroxyl groups is 2. The summed E-state index contributed by atoms with van der Waals surface area (Å²) in [5.41, 5.74) is 2.34. The topological polar surface area (TPSA) is 66.5 Å². The number of aromatic nitrogens is 1. The summed E-state index contributed by atoms with van der Waals surface area (Å²) in [4.78, 5) is 4.25. The third-order valence-electron chi connectivity index (χ3n) is 10.2. The van der Waals surface area contributed by atoms with Crippen molar-refractivity contribution in [3.05, 3.63) is 30.0 Å². The minimum absolute atomic E-state index is 0.134. The Morgan fingerprint density at radius 3 is 2.77 bits per heavy atom. The number of oxazole rings is 1. The van der Waals surface area contributed by atoms with E-state index in [2.05, 4.69) is 31.8 Å². The van der Waals surface area contributed by atoms with Crippen molar-refractivity contribution in [3.63, 3.8) is 0 Å². The van der Waals surface area contributed by atoms with Crippen LogP contribution < -0.4 is 0 Å². The van der Waals surface area contributed by atoms with Crippen LogP contribution in [0.1, 0.15) is 84.3 Å². The Kier molecular flexibility index (Phi) is 4.98. The summed E-state index contributed by atoms with van der Waals surface area (Å²) in [5, 5.41) is 21.8. The maximum atomic E-state index is 11.6. The van der Waals surface area contributed by atoms with E-state index in [-0.39, 0.29) is 16.9 Å². The fourth-order valence-corrected chi connectivity index (χ4v) is 8.58. The number of nitrogens with zero attached hydrogens (tertiary/aromatic N) is 1. The van der Waals surface area contributed by atoms with E-state index >= 15 is 0 Å². The molecule has 4 aliphatic rings. The van der Waals surface area contributed by atoms with Gasteiger partial charge in [-0.05, 0) is 106 Å². The molecule has 166 valence electrons. The van der Waals surface area contributed by atoms with Gasteiger partial charge in [0.1, 0.15) is 6.26 Å². The Hall–Kier alpha value is -1.13. The average Bonchev–Trinajstić information content (AvgIpc) is 3.34. The standard InChI is InChI=1S/C26H39NO3/c1-24-11-9-19(28)14-17(24)4-5-20-21-6-7-23(25(21,2)12-10-22(20)24)26(3,29)13-8-18-15-30-16-27-18/h4,15-16,19-23,28-29H,5-14H2,1-3H3/t19-,20-,21-,22-,23-,24-,25-,26+/m0/s1. The second-order valence-corrected chi connectivity index (χ2v) is 11.7. The fraction of sp³-hybridized carbons (Fsp3) is 0.808. The number of fused-ring (bicyclic) bond motifs is 5. The monoisotopic (exact) mass is 413 g/mol. The quantitative estimate of drug-likeness (QED) is 0.658. The minimum atomic E-state index is -0.663. The van der Waals surface area contributed by atoms with Gasteiger partial charge in [0.25, 0.3) is 0 Å². The Morgan fingerprint density at radius 1 is 1.17 bits per heavy atom. The summed E-state index contributed by atoms with van der Waals surface area (Å²) in [6.45, 7) is 7.05. The van der Waals surface area contributed by atoms with Gasteiger partial charge in [0.15, 0.2) is 6.39 Å². The molecule has 1 aromatic heterocycles. The van der Waals surface area contributed by atoms with E-state index in [0.29, 0.717) is 11.8 Å². The third-order valence-corrected chi connectivity index (χ3v) is 10.2. The first kappa shape index (κ1) is 20.8. The van der Waals surface area contributed by atoms with Gasteiger partial charge in [-0.15, -0.1) is 0 Å². The van der Waals surface area contributed by atoms with Gasteiger partial charge in [-0.25, -0.2) is 4.98 Å². The molecule has 4 heteroatoms. The first-order valence-corrected chi connectivity index (χ1v) is 12.2. The first-order valence-electron chi connectivity index (χ1n) is 12.2. The molecule has 5 rings (SSSR count). The molecule has 0 amide bonds. The second-order valence-electron chi connectivity index (χ2n) is 11.7. The summed E-state index contributed by atoms with van der Waals surface area (Å²) in [7, 11) is 0. The molecule has 2 N–H and O–H groups in total. The van der Waals surface area contributed by atoms with E-state index in [1.54, 1.807) is 11.8 Å². The van der Waals surface area contributed by atoms with Crippen LogP contribution in [0.2, 0.25) is 0 Å². The van der Waals surface area contributed by atoms with Crippen LogP contribution in [-0.2, 0) is 6.42 Å². The molecular formula is C26H39NO3. The van der Waals surface area contributed by atoms with Crippen LogP contribution in [0.15, 0.2) is 28.7 Å². The van der Waals surface area contributed by atoms with Gasteiger partial charge in [0, 0.05) is 0 Å². The van der Waals surface area contributed by atoms with Gasteiger partial charge in [0.2, 0.25) is 0 Å². The van der Waals surface area contributed by atoms with Gasteiger partial charge >= 0.3 is 0 Å². The van der Waals surface area contributed by atoms with Crippen LogP contribution in [0.5, 0.6) is 0 Å². The lowest BCUT2D eigenvalue weighted by Gasteiger charge is -2.59. The van der Waals surface area contributed by atoms with Gasteiger partial charge in [0.05, 0.1) is 17.4 Å². The Bertz CT molecular complexity index is 799. The van der Waals surface area contributed by atoms with Crippen molar-refractivity contribution in [2.75, 3.05) is 0 Å². The molecule has 3 fully saturated rings. The fourth-order valence-electron chi connectivity index (χ4n) is 8.58. The molecule has 0 aromatic carbocycles. The summed E-state index contributed by atoms with van der Waals surface area (Å²) in [5.74, 6) is 2.56. The molecule has 4 aliphatic carbocycles. The highest BCUT2D eigenvalue weighted by atomic mass is 16.3.